The van der Waals surface area contributed by atoms with Crippen LogP contribution in [0.25, 0.3) is 6.08 Å². The average molecular weight is 549 g/mol. The molecule has 0 amide bonds. The Balaban J connectivity index is 1.42. The molecule has 39 heavy (non-hydrogen) atoms. The minimum absolute atomic E-state index is 0.123. The standard InChI is InChI=1S/C29H29F5N2O3/c30-28(31,32)17-16-21-4-10-23(11-5-21)29(33,34)39-25-13-6-20(7-14-25)8-15-27(37)38-18-2-1-3-22-9-12-24(35)19-26(22)36/h4-15,19H,1-3,16-18,35-36H2/b15-8+. The third-order valence-corrected chi connectivity index (χ3v) is 5.78. The highest BCUT2D eigenvalue weighted by atomic mass is 19.4. The third-order valence-electron chi connectivity index (χ3n) is 5.78. The van der Waals surface area contributed by atoms with E-state index in [1.54, 1.807) is 12.1 Å². The lowest BCUT2D eigenvalue weighted by molar-refractivity contribution is -0.185. The molecule has 0 aliphatic rings. The number of nitrogen functional groups attached to an aromatic ring is 2. The second kappa shape index (κ2) is 13.1. The van der Waals surface area contributed by atoms with Crippen molar-refractivity contribution in [2.75, 3.05) is 18.1 Å². The van der Waals surface area contributed by atoms with Crippen LogP contribution in [0.15, 0.2) is 72.8 Å². The van der Waals surface area contributed by atoms with Gasteiger partial charge in [0.15, 0.2) is 0 Å². The van der Waals surface area contributed by atoms with E-state index < -0.39 is 30.2 Å². The number of carbonyl (C=O) groups is 1. The number of carbonyl (C=O) groups excluding carboxylic acids is 1. The smallest absolute Gasteiger partial charge is 0.426 e. The highest BCUT2D eigenvalue weighted by molar-refractivity contribution is 5.87. The van der Waals surface area contributed by atoms with Crippen molar-refractivity contribution in [3.8, 4) is 5.75 Å². The summed E-state index contributed by atoms with van der Waals surface area (Å²) < 4.78 is 76.0. The summed E-state index contributed by atoms with van der Waals surface area (Å²) in [5.41, 5.74) is 14.2. The maximum absolute atomic E-state index is 14.5. The molecule has 0 saturated heterocycles. The summed E-state index contributed by atoms with van der Waals surface area (Å²) in [6, 6.07) is 15.5. The van der Waals surface area contributed by atoms with Gasteiger partial charge in [-0.25, -0.2) is 4.79 Å². The Morgan fingerprint density at radius 3 is 2.18 bits per heavy atom. The number of unbranched alkanes of at least 4 members (excludes halogenated alkanes) is 1. The predicted octanol–water partition coefficient (Wildman–Crippen LogP) is 7.05. The number of aryl methyl sites for hydroxylation is 2. The van der Waals surface area contributed by atoms with Gasteiger partial charge in [0, 0.05) is 23.9 Å². The fourth-order valence-electron chi connectivity index (χ4n) is 3.65. The van der Waals surface area contributed by atoms with Gasteiger partial charge >= 0.3 is 18.3 Å². The number of esters is 1. The minimum atomic E-state index is -4.32. The Morgan fingerprint density at radius 1 is 0.846 bits per heavy atom. The first-order valence-corrected chi connectivity index (χ1v) is 12.2. The van der Waals surface area contributed by atoms with E-state index >= 15 is 0 Å². The monoisotopic (exact) mass is 548 g/mol. The van der Waals surface area contributed by atoms with Crippen LogP contribution >= 0.6 is 0 Å². The Bertz CT molecular complexity index is 1260. The number of hydrogen-bond acceptors (Lipinski definition) is 5. The lowest BCUT2D eigenvalue weighted by atomic mass is 10.1. The van der Waals surface area contributed by atoms with Gasteiger partial charge in [-0.1, -0.05) is 30.3 Å². The first-order chi connectivity index (χ1) is 18.4. The molecule has 0 fully saturated rings. The molecule has 0 aliphatic heterocycles. The highest BCUT2D eigenvalue weighted by Gasteiger charge is 2.34. The number of hydrogen-bond donors (Lipinski definition) is 2. The summed E-state index contributed by atoms with van der Waals surface area (Å²) in [6.07, 6.45) is -4.44. The minimum Gasteiger partial charge on any atom is -0.463 e. The molecule has 0 heterocycles. The van der Waals surface area contributed by atoms with Gasteiger partial charge in [-0.3, -0.25) is 0 Å². The Morgan fingerprint density at radius 2 is 1.54 bits per heavy atom. The number of halogens is 5. The second-order valence-electron chi connectivity index (χ2n) is 8.92. The molecule has 4 N–H and O–H groups in total. The molecule has 3 aromatic rings. The molecular formula is C29H29F5N2O3. The van der Waals surface area contributed by atoms with E-state index in [9.17, 15) is 26.7 Å². The average Bonchev–Trinajstić information content (AvgIpc) is 2.87. The van der Waals surface area contributed by atoms with Crippen LogP contribution in [0.2, 0.25) is 0 Å². The molecule has 0 aliphatic carbocycles. The number of benzene rings is 3. The molecule has 5 nitrogen and oxygen atoms in total. The van der Waals surface area contributed by atoms with Crippen molar-refractivity contribution in [2.24, 2.45) is 0 Å². The van der Waals surface area contributed by atoms with Crippen LogP contribution in [0.4, 0.5) is 33.3 Å². The van der Waals surface area contributed by atoms with Gasteiger partial charge in [0.1, 0.15) is 5.75 Å². The van der Waals surface area contributed by atoms with Gasteiger partial charge in [-0.2, -0.15) is 22.0 Å². The fourth-order valence-corrected chi connectivity index (χ4v) is 3.65. The first kappa shape index (κ1) is 29.5. The van der Waals surface area contributed by atoms with Crippen LogP contribution in [-0.4, -0.2) is 18.8 Å². The number of nitrogens with two attached hydrogens (primary N) is 2. The van der Waals surface area contributed by atoms with Crippen LogP contribution in [0, 0.1) is 0 Å². The number of alkyl halides is 5. The fraction of sp³-hybridized carbons (Fsp3) is 0.276. The molecule has 0 atom stereocenters. The summed E-state index contributed by atoms with van der Waals surface area (Å²) >= 11 is 0. The van der Waals surface area contributed by atoms with Crippen molar-refractivity contribution in [1.82, 2.24) is 0 Å². The summed E-state index contributed by atoms with van der Waals surface area (Å²) in [7, 11) is 0. The number of ether oxygens (including phenoxy) is 2. The van der Waals surface area contributed by atoms with Gasteiger partial charge in [-0.15, -0.1) is 0 Å². The van der Waals surface area contributed by atoms with Gasteiger partial charge in [0.2, 0.25) is 0 Å². The van der Waals surface area contributed by atoms with E-state index in [1.165, 1.54) is 48.6 Å². The van der Waals surface area contributed by atoms with E-state index in [4.69, 9.17) is 20.9 Å². The molecule has 10 heteroatoms. The van der Waals surface area contributed by atoms with E-state index in [-0.39, 0.29) is 18.8 Å². The van der Waals surface area contributed by atoms with Crippen molar-refractivity contribution >= 4 is 23.4 Å². The van der Waals surface area contributed by atoms with Gasteiger partial charge in [0.25, 0.3) is 0 Å². The Labute approximate surface area is 223 Å². The summed E-state index contributed by atoms with van der Waals surface area (Å²) in [5.74, 6) is -0.657. The molecule has 0 bridgehead atoms. The molecule has 208 valence electrons. The van der Waals surface area contributed by atoms with Crippen molar-refractivity contribution in [3.05, 3.63) is 95.1 Å². The van der Waals surface area contributed by atoms with Crippen LogP contribution in [0.5, 0.6) is 5.75 Å². The van der Waals surface area contributed by atoms with E-state index in [0.717, 1.165) is 30.5 Å². The zero-order valence-electron chi connectivity index (χ0n) is 21.0. The quantitative estimate of drug-likeness (QED) is 0.0833. The predicted molar refractivity (Wildman–Crippen MR) is 140 cm³/mol. The normalized spacial score (nSPS) is 12.0. The zero-order chi connectivity index (χ0) is 28.5. The molecule has 0 unspecified atom stereocenters. The SMILES string of the molecule is Nc1ccc(CCCCOC(=O)/C=C/c2ccc(OC(F)(F)c3ccc(CCC(F)(F)F)cc3)cc2)c(N)c1. The largest absolute Gasteiger partial charge is 0.463 e. The van der Waals surface area contributed by atoms with E-state index in [1.807, 2.05) is 6.07 Å². The van der Waals surface area contributed by atoms with Crippen molar-refractivity contribution in [1.29, 1.82) is 0 Å². The molecule has 0 radical (unpaired) electrons. The third kappa shape index (κ3) is 9.96. The maximum Gasteiger partial charge on any atom is 0.426 e. The van der Waals surface area contributed by atoms with Crippen molar-refractivity contribution in [3.63, 3.8) is 0 Å². The lowest BCUT2D eigenvalue weighted by Crippen LogP contribution is -2.21. The first-order valence-electron chi connectivity index (χ1n) is 12.2. The van der Waals surface area contributed by atoms with Crippen LogP contribution in [-0.2, 0) is 28.5 Å². The van der Waals surface area contributed by atoms with Crippen molar-refractivity contribution in [2.45, 2.75) is 44.4 Å². The molecule has 3 rings (SSSR count). The lowest BCUT2D eigenvalue weighted by Gasteiger charge is -2.18. The van der Waals surface area contributed by atoms with E-state index in [2.05, 4.69) is 0 Å². The number of anilines is 2. The van der Waals surface area contributed by atoms with Gasteiger partial charge in [0.05, 0.1) is 12.2 Å². The second-order valence-corrected chi connectivity index (χ2v) is 8.92. The summed E-state index contributed by atoms with van der Waals surface area (Å²) in [6.45, 7) is 0.239. The van der Waals surface area contributed by atoms with E-state index in [0.29, 0.717) is 28.9 Å². The topological polar surface area (TPSA) is 87.6 Å². The molecule has 0 saturated carbocycles. The van der Waals surface area contributed by atoms with Gasteiger partial charge < -0.3 is 20.9 Å². The van der Waals surface area contributed by atoms with Gasteiger partial charge in [-0.05, 0) is 84.8 Å². The van der Waals surface area contributed by atoms with Crippen LogP contribution in [0.1, 0.15) is 41.5 Å². The molecule has 3 aromatic carbocycles. The molecule has 0 aromatic heterocycles. The highest BCUT2D eigenvalue weighted by Crippen LogP contribution is 2.32. The maximum atomic E-state index is 14.5. The zero-order valence-corrected chi connectivity index (χ0v) is 21.0. The number of rotatable bonds is 12. The Hall–Kier alpha value is -4.08. The summed E-state index contributed by atoms with van der Waals surface area (Å²) in [4.78, 5) is 11.9. The van der Waals surface area contributed by atoms with Crippen LogP contribution in [0.3, 0.4) is 0 Å². The summed E-state index contributed by atoms with van der Waals surface area (Å²) in [5, 5.41) is 0. The molecular weight excluding hydrogens is 519 g/mol. The van der Waals surface area contributed by atoms with Crippen LogP contribution < -0.4 is 16.2 Å². The Kier molecular flexibility index (Phi) is 9.92. The molecule has 0 spiro atoms. The van der Waals surface area contributed by atoms with Crippen molar-refractivity contribution < 1.29 is 36.2 Å².